The molecule has 0 saturated heterocycles. The van der Waals surface area contributed by atoms with Gasteiger partial charge in [0.15, 0.2) is 11.9 Å². The fourth-order valence-corrected chi connectivity index (χ4v) is 1.21. The third kappa shape index (κ3) is 3.32. The van der Waals surface area contributed by atoms with Crippen LogP contribution in [0.3, 0.4) is 0 Å². The molecule has 1 rings (SSSR count). The zero-order chi connectivity index (χ0) is 13.2. The van der Waals surface area contributed by atoms with Gasteiger partial charge in [-0.1, -0.05) is 0 Å². The molecule has 0 aromatic carbocycles. The number of hydrogen-bond donors (Lipinski definition) is 4. The predicted molar refractivity (Wildman–Crippen MR) is 54.9 cm³/mol. The molecule has 0 aromatic heterocycles. The van der Waals surface area contributed by atoms with Gasteiger partial charge in [-0.2, -0.15) is 0 Å². The minimum atomic E-state index is -1.39. The topological polar surface area (TPSA) is 116 Å². The van der Waals surface area contributed by atoms with E-state index in [0.717, 1.165) is 0 Å². The molecule has 7 nitrogen and oxygen atoms in total. The summed E-state index contributed by atoms with van der Waals surface area (Å²) in [6, 6.07) is 0. The van der Waals surface area contributed by atoms with Crippen molar-refractivity contribution < 1.29 is 34.7 Å². The van der Waals surface area contributed by atoms with Gasteiger partial charge in [-0.3, -0.25) is 0 Å². The zero-order valence-electron chi connectivity index (χ0n) is 9.58. The van der Waals surface area contributed by atoms with Gasteiger partial charge in [-0.15, -0.1) is 0 Å². The highest BCUT2D eigenvalue weighted by Gasteiger charge is 2.41. The number of esters is 1. The summed E-state index contributed by atoms with van der Waals surface area (Å²) in [5.74, 6) is -2.07. The molecule has 98 valence electrons. The van der Waals surface area contributed by atoms with E-state index in [1.165, 1.54) is 13.8 Å². The first kappa shape index (κ1) is 13.8. The number of rotatable bonds is 5. The molecule has 0 radical (unpaired) electrons. The summed E-state index contributed by atoms with van der Waals surface area (Å²) in [6.45, 7) is 2.09. The molecular formula is C10H16O7. The maximum atomic E-state index is 11.1. The van der Waals surface area contributed by atoms with E-state index < -0.39 is 36.1 Å². The minimum Gasteiger partial charge on any atom is -0.499 e. The van der Waals surface area contributed by atoms with Crippen molar-refractivity contribution in [2.75, 3.05) is 13.2 Å². The van der Waals surface area contributed by atoms with Crippen molar-refractivity contribution in [1.29, 1.82) is 0 Å². The Bertz CT molecular complexity index is 328. The number of carbonyl (C=O) groups is 1. The Hall–Kier alpha value is -1.31. The van der Waals surface area contributed by atoms with Crippen LogP contribution in [0.5, 0.6) is 0 Å². The first-order valence-electron chi connectivity index (χ1n) is 5.04. The monoisotopic (exact) mass is 248 g/mol. The highest BCUT2D eigenvalue weighted by molar-refractivity contribution is 5.89. The summed E-state index contributed by atoms with van der Waals surface area (Å²) in [6.07, 6.45) is -2.64. The molecule has 0 spiro atoms. The van der Waals surface area contributed by atoms with Crippen molar-refractivity contribution in [2.24, 2.45) is 0 Å². The van der Waals surface area contributed by atoms with Crippen LogP contribution >= 0.6 is 0 Å². The number of ether oxygens (including phenoxy) is 2. The maximum Gasteiger partial charge on any atom is 0.378 e. The fourth-order valence-electron chi connectivity index (χ4n) is 1.21. The highest BCUT2D eigenvalue weighted by Crippen LogP contribution is 2.25. The van der Waals surface area contributed by atoms with Crippen molar-refractivity contribution in [2.45, 2.75) is 31.7 Å². The maximum absolute atomic E-state index is 11.1. The summed E-state index contributed by atoms with van der Waals surface area (Å²) in [4.78, 5) is 11.1. The average molecular weight is 248 g/mol. The molecule has 0 fully saturated rings. The Kier molecular flexibility index (Phi) is 3.97. The van der Waals surface area contributed by atoms with Gasteiger partial charge in [0, 0.05) is 0 Å². The van der Waals surface area contributed by atoms with Gasteiger partial charge >= 0.3 is 5.97 Å². The van der Waals surface area contributed by atoms with Crippen LogP contribution in [0.2, 0.25) is 0 Å². The predicted octanol–water partition coefficient (Wildman–Crippen LogP) is -1.18. The Labute approximate surface area is 97.9 Å². The number of carbonyl (C=O) groups excluding carboxylic acids is 1. The number of hydrogen-bond acceptors (Lipinski definition) is 7. The molecule has 17 heavy (non-hydrogen) atoms. The smallest absolute Gasteiger partial charge is 0.378 e. The van der Waals surface area contributed by atoms with Crippen LogP contribution < -0.4 is 0 Å². The number of aliphatic hydroxyl groups excluding tert-OH is 3. The Morgan fingerprint density at radius 3 is 2.59 bits per heavy atom. The van der Waals surface area contributed by atoms with Crippen LogP contribution in [0.4, 0.5) is 0 Å². The lowest BCUT2D eigenvalue weighted by molar-refractivity contribution is -0.148. The van der Waals surface area contributed by atoms with Gasteiger partial charge in [0.1, 0.15) is 12.7 Å². The normalized spacial score (nSPS) is 22.6. The molecule has 0 aromatic rings. The zero-order valence-corrected chi connectivity index (χ0v) is 9.58. The second-order valence-corrected chi connectivity index (χ2v) is 4.39. The second-order valence-electron chi connectivity index (χ2n) is 4.39. The molecule has 1 heterocycles. The lowest BCUT2D eigenvalue weighted by Gasteiger charge is -2.22. The van der Waals surface area contributed by atoms with Crippen LogP contribution in [0.15, 0.2) is 11.5 Å². The summed E-state index contributed by atoms with van der Waals surface area (Å²) < 4.78 is 9.67. The van der Waals surface area contributed by atoms with Gasteiger partial charge in [-0.05, 0) is 13.8 Å². The van der Waals surface area contributed by atoms with Crippen LogP contribution in [0.1, 0.15) is 13.8 Å². The Morgan fingerprint density at radius 2 is 2.12 bits per heavy atom. The summed E-state index contributed by atoms with van der Waals surface area (Å²) in [5, 5.41) is 37.0. The van der Waals surface area contributed by atoms with E-state index in [1.54, 1.807) is 0 Å². The molecule has 4 N–H and O–H groups in total. The highest BCUT2D eigenvalue weighted by atomic mass is 16.6. The van der Waals surface area contributed by atoms with E-state index in [-0.39, 0.29) is 12.4 Å². The molecule has 0 aliphatic carbocycles. The van der Waals surface area contributed by atoms with Gasteiger partial charge in [0.05, 0.1) is 12.2 Å². The van der Waals surface area contributed by atoms with E-state index in [1.807, 2.05) is 0 Å². The SMILES string of the molecule is CC(C)(O)COC1=C(O)C(=O)O[C@@H]1[C@@H](O)CO. The molecule has 0 unspecified atom stereocenters. The quantitative estimate of drug-likeness (QED) is 0.452. The van der Waals surface area contributed by atoms with Gasteiger partial charge < -0.3 is 29.9 Å². The number of aliphatic hydroxyl groups is 4. The minimum absolute atomic E-state index is 0.197. The summed E-state index contributed by atoms with van der Waals surface area (Å²) in [7, 11) is 0. The molecular weight excluding hydrogens is 232 g/mol. The lowest BCUT2D eigenvalue weighted by Crippen LogP contribution is -2.34. The fraction of sp³-hybridized carbons (Fsp3) is 0.700. The Balaban J connectivity index is 2.79. The second kappa shape index (κ2) is 4.91. The van der Waals surface area contributed by atoms with Gasteiger partial charge in [0.25, 0.3) is 0 Å². The van der Waals surface area contributed by atoms with E-state index in [0.29, 0.717) is 0 Å². The molecule has 0 bridgehead atoms. The van der Waals surface area contributed by atoms with Crippen LogP contribution in [0, 0.1) is 0 Å². The van der Waals surface area contributed by atoms with Crippen molar-refractivity contribution in [3.05, 3.63) is 11.5 Å². The van der Waals surface area contributed by atoms with E-state index >= 15 is 0 Å². The third-order valence-electron chi connectivity index (χ3n) is 2.04. The molecule has 1 aliphatic rings. The Morgan fingerprint density at radius 1 is 1.53 bits per heavy atom. The molecule has 7 heteroatoms. The van der Waals surface area contributed by atoms with E-state index in [4.69, 9.17) is 9.84 Å². The van der Waals surface area contributed by atoms with Crippen molar-refractivity contribution in [3.8, 4) is 0 Å². The van der Waals surface area contributed by atoms with E-state index in [2.05, 4.69) is 4.74 Å². The van der Waals surface area contributed by atoms with Crippen LogP contribution in [0.25, 0.3) is 0 Å². The van der Waals surface area contributed by atoms with Crippen LogP contribution in [-0.2, 0) is 14.3 Å². The van der Waals surface area contributed by atoms with Crippen LogP contribution in [-0.4, -0.2) is 57.4 Å². The lowest BCUT2D eigenvalue weighted by atomic mass is 10.1. The number of cyclic esters (lactones) is 1. The van der Waals surface area contributed by atoms with Crippen molar-refractivity contribution >= 4 is 5.97 Å². The van der Waals surface area contributed by atoms with Gasteiger partial charge in [0.2, 0.25) is 5.76 Å². The summed E-state index contributed by atoms with van der Waals surface area (Å²) in [5.41, 5.74) is -1.17. The van der Waals surface area contributed by atoms with Gasteiger partial charge in [-0.25, -0.2) is 4.79 Å². The third-order valence-corrected chi connectivity index (χ3v) is 2.04. The molecule has 1 aliphatic heterocycles. The van der Waals surface area contributed by atoms with Crippen molar-refractivity contribution in [3.63, 3.8) is 0 Å². The van der Waals surface area contributed by atoms with E-state index in [9.17, 15) is 20.1 Å². The molecule has 2 atom stereocenters. The summed E-state index contributed by atoms with van der Waals surface area (Å²) >= 11 is 0. The van der Waals surface area contributed by atoms with Crippen molar-refractivity contribution in [1.82, 2.24) is 0 Å². The first-order chi connectivity index (χ1) is 7.76. The molecule has 0 saturated carbocycles. The first-order valence-corrected chi connectivity index (χ1v) is 5.04. The largest absolute Gasteiger partial charge is 0.499 e. The average Bonchev–Trinajstić information content (AvgIpc) is 2.51. The standard InChI is InChI=1S/C10H16O7/c1-10(2,15)4-16-8-6(13)9(14)17-7(8)5(12)3-11/h5,7,11-13,15H,3-4H2,1-2H3/t5-,7+/m0/s1. The molecule has 0 amide bonds.